The smallest absolute Gasteiger partial charge is 0.203 e. The largest absolute Gasteiger partial charge is 0.497 e. The van der Waals surface area contributed by atoms with Gasteiger partial charge in [0.25, 0.3) is 0 Å². The zero-order valence-corrected chi connectivity index (χ0v) is 15.9. The van der Waals surface area contributed by atoms with E-state index in [9.17, 15) is 4.79 Å². The summed E-state index contributed by atoms with van der Waals surface area (Å²) in [6.45, 7) is 0. The first kappa shape index (κ1) is 18.6. The highest BCUT2D eigenvalue weighted by Crippen LogP contribution is 2.38. The van der Waals surface area contributed by atoms with Crippen LogP contribution in [0.4, 0.5) is 0 Å². The molecule has 0 heterocycles. The van der Waals surface area contributed by atoms with E-state index in [1.165, 1.54) is 0 Å². The molecule has 0 spiro atoms. The van der Waals surface area contributed by atoms with Crippen LogP contribution in [0.1, 0.15) is 21.5 Å². The average Bonchev–Trinajstić information content (AvgIpc) is 3.02. The summed E-state index contributed by atoms with van der Waals surface area (Å²) < 4.78 is 21.3. The first-order valence-electron chi connectivity index (χ1n) is 8.50. The second kappa shape index (κ2) is 7.99. The SMILES string of the molecule is COc1ccc2c(c1)C(=O)C(=CC=Cc1cc(OC)c(OC)c(OC)c1)C2. The molecule has 1 aliphatic rings. The molecular weight excluding hydrogens is 344 g/mol. The van der Waals surface area contributed by atoms with Gasteiger partial charge < -0.3 is 18.9 Å². The van der Waals surface area contributed by atoms with E-state index >= 15 is 0 Å². The molecule has 1 aliphatic carbocycles. The van der Waals surface area contributed by atoms with E-state index in [-0.39, 0.29) is 5.78 Å². The molecule has 0 amide bonds. The van der Waals surface area contributed by atoms with E-state index in [0.717, 1.165) is 16.7 Å². The van der Waals surface area contributed by atoms with E-state index in [1.807, 2.05) is 42.5 Å². The van der Waals surface area contributed by atoms with Gasteiger partial charge in [0.2, 0.25) is 5.75 Å². The number of allylic oxidation sites excluding steroid dienone is 3. The van der Waals surface area contributed by atoms with E-state index < -0.39 is 0 Å². The van der Waals surface area contributed by atoms with Crippen molar-refractivity contribution >= 4 is 11.9 Å². The zero-order valence-electron chi connectivity index (χ0n) is 15.9. The van der Waals surface area contributed by atoms with Gasteiger partial charge in [0.05, 0.1) is 28.4 Å². The van der Waals surface area contributed by atoms with Crippen LogP contribution in [0.15, 0.2) is 48.1 Å². The third-order valence-corrected chi connectivity index (χ3v) is 4.51. The van der Waals surface area contributed by atoms with E-state index in [1.54, 1.807) is 34.5 Å². The molecule has 0 bridgehead atoms. The van der Waals surface area contributed by atoms with Crippen LogP contribution in [-0.2, 0) is 6.42 Å². The third-order valence-electron chi connectivity index (χ3n) is 4.51. The summed E-state index contributed by atoms with van der Waals surface area (Å²) in [7, 11) is 6.32. The van der Waals surface area contributed by atoms with Gasteiger partial charge in [0, 0.05) is 17.6 Å². The van der Waals surface area contributed by atoms with Gasteiger partial charge in [-0.1, -0.05) is 24.3 Å². The van der Waals surface area contributed by atoms with Crippen LogP contribution in [0.25, 0.3) is 6.08 Å². The lowest BCUT2D eigenvalue weighted by Crippen LogP contribution is -1.96. The maximum absolute atomic E-state index is 12.6. The van der Waals surface area contributed by atoms with Gasteiger partial charge in [-0.25, -0.2) is 0 Å². The van der Waals surface area contributed by atoms with Crippen molar-refractivity contribution in [1.82, 2.24) is 0 Å². The van der Waals surface area contributed by atoms with E-state index in [0.29, 0.717) is 35.0 Å². The first-order valence-corrected chi connectivity index (χ1v) is 8.50. The Bertz CT molecular complexity index is 899. The highest BCUT2D eigenvalue weighted by molar-refractivity contribution is 6.13. The number of hydrogen-bond donors (Lipinski definition) is 0. The Kier molecular flexibility index (Phi) is 5.50. The normalized spacial score (nSPS) is 14.5. The number of methoxy groups -OCH3 is 4. The minimum atomic E-state index is 0.0402. The van der Waals surface area contributed by atoms with Crippen molar-refractivity contribution in [3.63, 3.8) is 0 Å². The molecule has 27 heavy (non-hydrogen) atoms. The zero-order chi connectivity index (χ0) is 19.4. The van der Waals surface area contributed by atoms with Crippen molar-refractivity contribution < 1.29 is 23.7 Å². The fourth-order valence-corrected chi connectivity index (χ4v) is 3.11. The topological polar surface area (TPSA) is 54.0 Å². The Morgan fingerprint density at radius 2 is 1.59 bits per heavy atom. The number of rotatable bonds is 6. The van der Waals surface area contributed by atoms with Crippen molar-refractivity contribution in [2.24, 2.45) is 0 Å². The lowest BCUT2D eigenvalue weighted by Gasteiger charge is -2.12. The number of fused-ring (bicyclic) bond motifs is 1. The minimum Gasteiger partial charge on any atom is -0.497 e. The number of carbonyl (C=O) groups is 1. The second-order valence-electron chi connectivity index (χ2n) is 6.04. The van der Waals surface area contributed by atoms with Gasteiger partial charge in [0.15, 0.2) is 17.3 Å². The summed E-state index contributed by atoms with van der Waals surface area (Å²) in [5.74, 6) is 2.45. The van der Waals surface area contributed by atoms with Gasteiger partial charge in [-0.05, 0) is 35.4 Å². The van der Waals surface area contributed by atoms with Crippen LogP contribution in [0, 0.1) is 0 Å². The molecule has 0 saturated carbocycles. The van der Waals surface area contributed by atoms with Crippen LogP contribution < -0.4 is 18.9 Å². The minimum absolute atomic E-state index is 0.0402. The molecule has 5 nitrogen and oxygen atoms in total. The molecular formula is C22H22O5. The monoisotopic (exact) mass is 366 g/mol. The van der Waals surface area contributed by atoms with Gasteiger partial charge >= 0.3 is 0 Å². The molecule has 0 unspecified atom stereocenters. The Morgan fingerprint density at radius 3 is 2.19 bits per heavy atom. The maximum atomic E-state index is 12.6. The van der Waals surface area contributed by atoms with Gasteiger partial charge in [-0.15, -0.1) is 0 Å². The van der Waals surface area contributed by atoms with Gasteiger partial charge in [-0.3, -0.25) is 4.79 Å². The molecule has 0 saturated heterocycles. The summed E-state index contributed by atoms with van der Waals surface area (Å²) in [5, 5.41) is 0. The lowest BCUT2D eigenvalue weighted by atomic mass is 10.1. The fraction of sp³-hybridized carbons (Fsp3) is 0.227. The number of ketones is 1. The molecule has 3 rings (SSSR count). The number of Topliss-reactive ketones (excluding diaryl/α,β-unsaturated/α-hetero) is 1. The van der Waals surface area contributed by atoms with Crippen molar-refractivity contribution in [3.8, 4) is 23.0 Å². The van der Waals surface area contributed by atoms with Crippen molar-refractivity contribution in [1.29, 1.82) is 0 Å². The van der Waals surface area contributed by atoms with E-state index in [2.05, 4.69) is 0 Å². The summed E-state index contributed by atoms with van der Waals surface area (Å²) in [4.78, 5) is 12.6. The Morgan fingerprint density at radius 1 is 0.889 bits per heavy atom. The van der Waals surface area contributed by atoms with Gasteiger partial charge in [0.1, 0.15) is 5.75 Å². The molecule has 2 aromatic rings. The number of hydrogen-bond acceptors (Lipinski definition) is 5. The third kappa shape index (κ3) is 3.67. The Balaban J connectivity index is 1.84. The van der Waals surface area contributed by atoms with Crippen LogP contribution in [0.5, 0.6) is 23.0 Å². The summed E-state index contributed by atoms with van der Waals surface area (Å²) >= 11 is 0. The van der Waals surface area contributed by atoms with Crippen molar-refractivity contribution in [3.05, 3.63) is 64.7 Å². The highest BCUT2D eigenvalue weighted by atomic mass is 16.5. The highest BCUT2D eigenvalue weighted by Gasteiger charge is 2.24. The van der Waals surface area contributed by atoms with E-state index in [4.69, 9.17) is 18.9 Å². The first-order chi connectivity index (χ1) is 13.1. The van der Waals surface area contributed by atoms with Crippen LogP contribution in [-0.4, -0.2) is 34.2 Å². The molecule has 0 aromatic heterocycles. The lowest BCUT2D eigenvalue weighted by molar-refractivity contribution is 0.103. The molecule has 0 aliphatic heterocycles. The van der Waals surface area contributed by atoms with Crippen LogP contribution in [0.3, 0.4) is 0 Å². The number of carbonyl (C=O) groups excluding carboxylic acids is 1. The Hall–Kier alpha value is -3.21. The predicted octanol–water partition coefficient (Wildman–Crippen LogP) is 4.10. The van der Waals surface area contributed by atoms with Crippen LogP contribution >= 0.6 is 0 Å². The van der Waals surface area contributed by atoms with Gasteiger partial charge in [-0.2, -0.15) is 0 Å². The number of ether oxygens (including phenoxy) is 4. The maximum Gasteiger partial charge on any atom is 0.203 e. The quantitative estimate of drug-likeness (QED) is 0.721. The molecule has 0 N–H and O–H groups in total. The molecule has 0 atom stereocenters. The van der Waals surface area contributed by atoms with Crippen molar-refractivity contribution in [2.75, 3.05) is 28.4 Å². The molecule has 0 radical (unpaired) electrons. The standard InChI is InChI=1S/C22H22O5/c1-24-17-9-8-15-12-16(21(23)18(15)13-17)7-5-6-14-10-19(25-2)22(27-4)20(11-14)26-3/h5-11,13H,12H2,1-4H3. The molecule has 5 heteroatoms. The molecule has 0 fully saturated rings. The summed E-state index contributed by atoms with van der Waals surface area (Å²) in [5.41, 5.74) is 3.36. The second-order valence-corrected chi connectivity index (χ2v) is 6.04. The predicted molar refractivity (Wildman–Crippen MR) is 104 cm³/mol. The fourth-order valence-electron chi connectivity index (χ4n) is 3.11. The Labute approximate surface area is 158 Å². The number of benzene rings is 2. The molecule has 2 aromatic carbocycles. The average molecular weight is 366 g/mol. The molecule has 140 valence electrons. The summed E-state index contributed by atoms with van der Waals surface area (Å²) in [6, 6.07) is 9.32. The summed E-state index contributed by atoms with van der Waals surface area (Å²) in [6.07, 6.45) is 6.22. The van der Waals surface area contributed by atoms with Crippen molar-refractivity contribution in [2.45, 2.75) is 6.42 Å². The van der Waals surface area contributed by atoms with Crippen LogP contribution in [0.2, 0.25) is 0 Å².